The molecule has 0 bridgehead atoms. The number of H-pyrrole nitrogens is 1. The lowest BCUT2D eigenvalue weighted by atomic mass is 9.87. The van der Waals surface area contributed by atoms with Gasteiger partial charge in [0.1, 0.15) is 5.75 Å². The second-order valence-corrected chi connectivity index (χ2v) is 9.38. The van der Waals surface area contributed by atoms with Gasteiger partial charge >= 0.3 is 6.03 Å². The minimum atomic E-state index is -1.12. The number of rotatable bonds is 5. The molecule has 37 heavy (non-hydrogen) atoms. The van der Waals surface area contributed by atoms with E-state index < -0.39 is 5.54 Å². The van der Waals surface area contributed by atoms with Crippen molar-refractivity contribution in [2.75, 3.05) is 23.4 Å². The van der Waals surface area contributed by atoms with Gasteiger partial charge in [-0.3, -0.25) is 9.59 Å². The summed E-state index contributed by atoms with van der Waals surface area (Å²) in [5.41, 5.74) is 3.18. The van der Waals surface area contributed by atoms with Gasteiger partial charge in [-0.15, -0.1) is 0 Å². The van der Waals surface area contributed by atoms with Gasteiger partial charge in [0.15, 0.2) is 5.54 Å². The quantitative estimate of drug-likeness (QED) is 0.379. The number of urea groups is 1. The van der Waals surface area contributed by atoms with E-state index in [0.717, 1.165) is 27.9 Å². The number of amides is 4. The monoisotopic (exact) mass is 494 g/mol. The molecule has 3 aromatic carbocycles. The van der Waals surface area contributed by atoms with Gasteiger partial charge in [-0.1, -0.05) is 18.2 Å². The number of hydrogen-bond donors (Lipinski definition) is 2. The third-order valence-electron chi connectivity index (χ3n) is 7.28. The van der Waals surface area contributed by atoms with Crippen molar-refractivity contribution in [3.63, 3.8) is 0 Å². The molecular weight excluding hydrogens is 468 g/mol. The number of carbonyl (C=O) groups is 3. The first-order valence-corrected chi connectivity index (χ1v) is 12.3. The van der Waals surface area contributed by atoms with Crippen molar-refractivity contribution >= 4 is 40.1 Å². The van der Waals surface area contributed by atoms with Crippen molar-refractivity contribution in [3.8, 4) is 5.75 Å². The first-order valence-electron chi connectivity index (χ1n) is 12.3. The van der Waals surface area contributed by atoms with Gasteiger partial charge in [-0.25, -0.2) is 9.69 Å². The molecular formula is C29H26N4O4. The highest BCUT2D eigenvalue weighted by Gasteiger charge is 2.59. The number of carbonyl (C=O) groups excluding carboxylic acids is 3. The van der Waals surface area contributed by atoms with Crippen LogP contribution in [0.15, 0.2) is 72.8 Å². The Labute approximate surface area is 213 Å². The van der Waals surface area contributed by atoms with Gasteiger partial charge in [0.05, 0.1) is 18.0 Å². The van der Waals surface area contributed by atoms with E-state index >= 15 is 0 Å². The SMILES string of the molecule is CCOc1ccc(NC(=O)c2ccc(N3C(=O)N4CCc5c([nH]c6ccccc56)[C@@]4(C)C3=O)cc2)cc1. The van der Waals surface area contributed by atoms with Gasteiger partial charge in [-0.05, 0) is 80.4 Å². The number of aromatic amines is 1. The van der Waals surface area contributed by atoms with Crippen molar-refractivity contribution in [2.45, 2.75) is 25.8 Å². The third-order valence-corrected chi connectivity index (χ3v) is 7.28. The van der Waals surface area contributed by atoms with Crippen LogP contribution in [0.25, 0.3) is 10.9 Å². The smallest absolute Gasteiger partial charge is 0.332 e. The van der Waals surface area contributed by atoms with E-state index in [4.69, 9.17) is 4.74 Å². The van der Waals surface area contributed by atoms with Crippen LogP contribution < -0.4 is 15.0 Å². The summed E-state index contributed by atoms with van der Waals surface area (Å²) in [6.45, 7) is 4.74. The fourth-order valence-corrected chi connectivity index (χ4v) is 5.39. The predicted molar refractivity (Wildman–Crippen MR) is 141 cm³/mol. The molecule has 2 N–H and O–H groups in total. The number of fused-ring (bicyclic) bond motifs is 5. The maximum atomic E-state index is 13.8. The van der Waals surface area contributed by atoms with Crippen molar-refractivity contribution in [2.24, 2.45) is 0 Å². The van der Waals surface area contributed by atoms with Crippen LogP contribution >= 0.6 is 0 Å². The van der Waals surface area contributed by atoms with Crippen LogP contribution in [-0.4, -0.2) is 40.9 Å². The van der Waals surface area contributed by atoms with Gasteiger partial charge in [0.2, 0.25) is 0 Å². The van der Waals surface area contributed by atoms with Crippen molar-refractivity contribution in [1.29, 1.82) is 0 Å². The Morgan fingerprint density at radius 1 is 1.03 bits per heavy atom. The normalized spacial score (nSPS) is 18.6. The molecule has 6 rings (SSSR count). The number of nitrogens with zero attached hydrogens (tertiary/aromatic N) is 2. The minimum absolute atomic E-state index is 0.290. The lowest BCUT2D eigenvalue weighted by Crippen LogP contribution is -2.49. The summed E-state index contributed by atoms with van der Waals surface area (Å²) >= 11 is 0. The highest BCUT2D eigenvalue weighted by atomic mass is 16.5. The molecule has 1 aromatic heterocycles. The number of hydrogen-bond acceptors (Lipinski definition) is 4. The molecule has 0 radical (unpaired) electrons. The standard InChI is InChI=1S/C29H26N4O4/c1-3-37-21-14-10-19(11-15-21)30-26(34)18-8-12-20(13-9-18)33-27(35)29(2)25-23(16-17-32(29)28(33)36)22-6-4-5-7-24(22)31-25/h4-15,31H,3,16-17H2,1-2H3,(H,30,34)/t29-/m0/s1. The van der Waals surface area contributed by atoms with E-state index in [1.807, 2.05) is 31.2 Å². The van der Waals surface area contributed by atoms with Crippen LogP contribution in [0.1, 0.15) is 35.5 Å². The molecule has 2 aliphatic heterocycles. The fraction of sp³-hybridized carbons (Fsp3) is 0.207. The molecule has 8 heteroatoms. The zero-order chi connectivity index (χ0) is 25.7. The number of nitrogens with one attached hydrogen (secondary N) is 2. The van der Waals surface area contributed by atoms with E-state index in [2.05, 4.69) is 10.3 Å². The molecule has 4 amide bonds. The lowest BCUT2D eigenvalue weighted by Gasteiger charge is -2.35. The van der Waals surface area contributed by atoms with Crippen molar-refractivity contribution in [3.05, 3.63) is 89.6 Å². The number of aromatic nitrogens is 1. The van der Waals surface area contributed by atoms with Crippen LogP contribution in [0.5, 0.6) is 5.75 Å². The molecule has 0 spiro atoms. The first-order chi connectivity index (χ1) is 17.9. The van der Waals surface area contributed by atoms with Crippen LogP contribution in [0, 0.1) is 0 Å². The van der Waals surface area contributed by atoms with Gasteiger partial charge < -0.3 is 19.9 Å². The van der Waals surface area contributed by atoms with Crippen LogP contribution in [-0.2, 0) is 16.8 Å². The lowest BCUT2D eigenvalue weighted by molar-refractivity contribution is -0.125. The minimum Gasteiger partial charge on any atom is -0.494 e. The van der Waals surface area contributed by atoms with Crippen molar-refractivity contribution in [1.82, 2.24) is 9.88 Å². The second-order valence-electron chi connectivity index (χ2n) is 9.38. The molecule has 1 saturated heterocycles. The Kier molecular flexibility index (Phi) is 5.26. The molecule has 8 nitrogen and oxygen atoms in total. The summed E-state index contributed by atoms with van der Waals surface area (Å²) in [5, 5.41) is 3.93. The first kappa shape index (κ1) is 22.8. The van der Waals surface area contributed by atoms with Crippen LogP contribution in [0.4, 0.5) is 16.2 Å². The largest absolute Gasteiger partial charge is 0.494 e. The highest BCUT2D eigenvalue weighted by Crippen LogP contribution is 2.45. The predicted octanol–water partition coefficient (Wildman–Crippen LogP) is 5.06. The molecule has 3 heterocycles. The number of para-hydroxylation sites is 1. The summed E-state index contributed by atoms with van der Waals surface area (Å²) in [4.78, 5) is 46.3. The van der Waals surface area contributed by atoms with Gasteiger partial charge in [0, 0.05) is 28.7 Å². The Morgan fingerprint density at radius 2 is 1.76 bits per heavy atom. The zero-order valence-electron chi connectivity index (χ0n) is 20.6. The summed E-state index contributed by atoms with van der Waals surface area (Å²) in [7, 11) is 0. The molecule has 0 saturated carbocycles. The van der Waals surface area contributed by atoms with E-state index in [1.54, 1.807) is 60.4 Å². The molecule has 0 unspecified atom stereocenters. The average Bonchev–Trinajstić information content (AvgIpc) is 3.39. The zero-order valence-corrected chi connectivity index (χ0v) is 20.6. The highest BCUT2D eigenvalue weighted by molar-refractivity contribution is 6.23. The molecule has 0 aliphatic carbocycles. The Morgan fingerprint density at radius 3 is 2.49 bits per heavy atom. The Balaban J connectivity index is 1.25. The van der Waals surface area contributed by atoms with E-state index in [9.17, 15) is 14.4 Å². The topological polar surface area (TPSA) is 94.7 Å². The van der Waals surface area contributed by atoms with Gasteiger partial charge in [0.25, 0.3) is 11.8 Å². The average molecular weight is 495 g/mol. The molecule has 4 aromatic rings. The summed E-state index contributed by atoms with van der Waals surface area (Å²) < 4.78 is 5.43. The van der Waals surface area contributed by atoms with E-state index in [-0.39, 0.29) is 17.8 Å². The van der Waals surface area contributed by atoms with E-state index in [0.29, 0.717) is 36.5 Å². The maximum Gasteiger partial charge on any atom is 0.332 e. The number of ether oxygens (including phenoxy) is 1. The fourth-order valence-electron chi connectivity index (χ4n) is 5.39. The van der Waals surface area contributed by atoms with E-state index in [1.165, 1.54) is 4.90 Å². The maximum absolute atomic E-state index is 13.8. The second kappa shape index (κ2) is 8.51. The molecule has 2 aliphatic rings. The Hall–Kier alpha value is -4.59. The summed E-state index contributed by atoms with van der Waals surface area (Å²) in [6.07, 6.45) is 0.673. The molecule has 1 atom stereocenters. The number of imide groups is 1. The number of anilines is 2. The third kappa shape index (κ3) is 3.48. The molecule has 186 valence electrons. The van der Waals surface area contributed by atoms with Crippen LogP contribution in [0.3, 0.4) is 0 Å². The van der Waals surface area contributed by atoms with Crippen LogP contribution in [0.2, 0.25) is 0 Å². The summed E-state index contributed by atoms with van der Waals surface area (Å²) in [6, 6.07) is 21.2. The van der Waals surface area contributed by atoms with Crippen molar-refractivity contribution < 1.29 is 19.1 Å². The summed E-state index contributed by atoms with van der Waals surface area (Å²) in [5.74, 6) is 0.132. The van der Waals surface area contributed by atoms with Gasteiger partial charge in [-0.2, -0.15) is 0 Å². The number of benzene rings is 3. The molecule has 1 fully saturated rings. The Bertz CT molecular complexity index is 1540.